The Bertz CT molecular complexity index is 557. The van der Waals surface area contributed by atoms with Crippen LogP contribution in [-0.4, -0.2) is 7.05 Å². The molecular weight excluding hydrogens is 295 g/mol. The third-order valence-electron chi connectivity index (χ3n) is 2.81. The SMILES string of the molecule is CN(Cc1ccccc1Br)c1cccc(F)c1N. The highest BCUT2D eigenvalue weighted by Gasteiger charge is 2.10. The molecule has 0 aliphatic heterocycles. The van der Waals surface area contributed by atoms with Crippen molar-refractivity contribution in [1.82, 2.24) is 0 Å². The zero-order valence-corrected chi connectivity index (χ0v) is 11.6. The summed E-state index contributed by atoms with van der Waals surface area (Å²) in [6.45, 7) is 0.662. The van der Waals surface area contributed by atoms with Crippen molar-refractivity contribution in [2.75, 3.05) is 17.7 Å². The fourth-order valence-corrected chi connectivity index (χ4v) is 2.24. The summed E-state index contributed by atoms with van der Waals surface area (Å²) in [5, 5.41) is 0. The Kier molecular flexibility index (Phi) is 3.87. The first kappa shape index (κ1) is 12.9. The third kappa shape index (κ3) is 2.64. The molecule has 2 aromatic carbocycles. The van der Waals surface area contributed by atoms with Crippen LogP contribution in [0.3, 0.4) is 0 Å². The maximum Gasteiger partial charge on any atom is 0.148 e. The first-order valence-corrected chi connectivity index (χ1v) is 6.37. The first-order chi connectivity index (χ1) is 8.59. The number of para-hydroxylation sites is 1. The number of anilines is 2. The van der Waals surface area contributed by atoms with Gasteiger partial charge in [-0.25, -0.2) is 4.39 Å². The van der Waals surface area contributed by atoms with Gasteiger partial charge in [0.05, 0.1) is 11.4 Å². The Balaban J connectivity index is 2.25. The molecule has 0 aromatic heterocycles. The van der Waals surface area contributed by atoms with Crippen LogP contribution in [0.2, 0.25) is 0 Å². The lowest BCUT2D eigenvalue weighted by molar-refractivity contribution is 0.632. The number of nitrogens with zero attached hydrogens (tertiary/aromatic N) is 1. The lowest BCUT2D eigenvalue weighted by Crippen LogP contribution is -2.18. The largest absolute Gasteiger partial charge is 0.395 e. The van der Waals surface area contributed by atoms with E-state index in [0.29, 0.717) is 12.2 Å². The molecule has 2 nitrogen and oxygen atoms in total. The van der Waals surface area contributed by atoms with Gasteiger partial charge in [0.2, 0.25) is 0 Å². The van der Waals surface area contributed by atoms with Crippen LogP contribution in [0.4, 0.5) is 15.8 Å². The lowest BCUT2D eigenvalue weighted by Gasteiger charge is -2.22. The summed E-state index contributed by atoms with van der Waals surface area (Å²) >= 11 is 3.50. The van der Waals surface area contributed by atoms with Crippen LogP contribution in [0, 0.1) is 5.82 Å². The number of hydrogen-bond acceptors (Lipinski definition) is 2. The molecule has 94 valence electrons. The second-order valence-electron chi connectivity index (χ2n) is 4.12. The highest BCUT2D eigenvalue weighted by atomic mass is 79.9. The first-order valence-electron chi connectivity index (χ1n) is 5.58. The maximum atomic E-state index is 13.4. The van der Waals surface area contributed by atoms with E-state index in [9.17, 15) is 4.39 Å². The van der Waals surface area contributed by atoms with E-state index < -0.39 is 0 Å². The average molecular weight is 309 g/mol. The molecule has 0 saturated heterocycles. The highest BCUT2D eigenvalue weighted by molar-refractivity contribution is 9.10. The van der Waals surface area contributed by atoms with Crippen LogP contribution in [0.5, 0.6) is 0 Å². The molecule has 0 heterocycles. The van der Waals surface area contributed by atoms with Gasteiger partial charge in [-0.05, 0) is 23.8 Å². The van der Waals surface area contributed by atoms with Crippen LogP contribution < -0.4 is 10.6 Å². The number of benzene rings is 2. The van der Waals surface area contributed by atoms with E-state index in [2.05, 4.69) is 15.9 Å². The Labute approximate surface area is 114 Å². The maximum absolute atomic E-state index is 13.4. The molecule has 2 N–H and O–H groups in total. The second-order valence-corrected chi connectivity index (χ2v) is 4.97. The summed E-state index contributed by atoms with van der Waals surface area (Å²) in [6, 6.07) is 12.8. The van der Waals surface area contributed by atoms with Gasteiger partial charge in [-0.3, -0.25) is 0 Å². The van der Waals surface area contributed by atoms with Gasteiger partial charge in [0.1, 0.15) is 5.82 Å². The third-order valence-corrected chi connectivity index (χ3v) is 3.58. The topological polar surface area (TPSA) is 29.3 Å². The molecule has 18 heavy (non-hydrogen) atoms. The van der Waals surface area contributed by atoms with Crippen molar-refractivity contribution in [3.63, 3.8) is 0 Å². The summed E-state index contributed by atoms with van der Waals surface area (Å²) in [5.74, 6) is -0.383. The summed E-state index contributed by atoms with van der Waals surface area (Å²) < 4.78 is 14.4. The number of hydrogen-bond donors (Lipinski definition) is 1. The van der Waals surface area contributed by atoms with E-state index in [0.717, 1.165) is 10.0 Å². The number of rotatable bonds is 3. The van der Waals surface area contributed by atoms with E-state index >= 15 is 0 Å². The zero-order valence-electron chi connectivity index (χ0n) is 10.0. The van der Waals surface area contributed by atoms with E-state index in [1.54, 1.807) is 6.07 Å². The molecule has 0 radical (unpaired) electrons. The summed E-state index contributed by atoms with van der Waals surface area (Å²) in [6.07, 6.45) is 0. The number of nitrogens with two attached hydrogens (primary N) is 1. The monoisotopic (exact) mass is 308 g/mol. The molecule has 0 fully saturated rings. The highest BCUT2D eigenvalue weighted by Crippen LogP contribution is 2.27. The van der Waals surface area contributed by atoms with Crippen LogP contribution in [-0.2, 0) is 6.54 Å². The smallest absolute Gasteiger partial charge is 0.148 e. The minimum atomic E-state index is -0.383. The predicted octanol–water partition coefficient (Wildman–Crippen LogP) is 3.81. The fraction of sp³-hybridized carbons (Fsp3) is 0.143. The molecule has 4 heteroatoms. The van der Waals surface area contributed by atoms with Crippen LogP contribution in [0.15, 0.2) is 46.9 Å². The number of nitrogen functional groups attached to an aromatic ring is 1. The molecule has 0 unspecified atom stereocenters. The predicted molar refractivity (Wildman–Crippen MR) is 77.1 cm³/mol. The lowest BCUT2D eigenvalue weighted by atomic mass is 10.2. The van der Waals surface area contributed by atoms with Crippen LogP contribution in [0.25, 0.3) is 0 Å². The Morgan fingerprint density at radius 3 is 2.61 bits per heavy atom. The van der Waals surface area contributed by atoms with Crippen molar-refractivity contribution in [3.8, 4) is 0 Å². The Morgan fingerprint density at radius 1 is 1.17 bits per heavy atom. The van der Waals surface area contributed by atoms with Gasteiger partial charge >= 0.3 is 0 Å². The Hall–Kier alpha value is -1.55. The fourth-order valence-electron chi connectivity index (χ4n) is 1.83. The molecule has 2 aromatic rings. The van der Waals surface area contributed by atoms with E-state index in [1.807, 2.05) is 42.3 Å². The van der Waals surface area contributed by atoms with Crippen LogP contribution in [0.1, 0.15) is 5.56 Å². The van der Waals surface area contributed by atoms with Gasteiger partial charge < -0.3 is 10.6 Å². The van der Waals surface area contributed by atoms with Gasteiger partial charge in [-0.2, -0.15) is 0 Å². The van der Waals surface area contributed by atoms with Crippen molar-refractivity contribution >= 4 is 27.3 Å². The van der Waals surface area contributed by atoms with Gasteiger partial charge in [-0.1, -0.05) is 40.2 Å². The molecule has 0 spiro atoms. The van der Waals surface area contributed by atoms with Crippen molar-refractivity contribution in [3.05, 3.63) is 58.3 Å². The molecule has 0 amide bonds. The van der Waals surface area contributed by atoms with Gasteiger partial charge in [0.25, 0.3) is 0 Å². The molecule has 2 rings (SSSR count). The minimum absolute atomic E-state index is 0.187. The van der Waals surface area contributed by atoms with Crippen molar-refractivity contribution in [2.24, 2.45) is 0 Å². The zero-order chi connectivity index (χ0) is 13.1. The van der Waals surface area contributed by atoms with Gasteiger partial charge in [0, 0.05) is 18.1 Å². The van der Waals surface area contributed by atoms with Gasteiger partial charge in [-0.15, -0.1) is 0 Å². The quantitative estimate of drug-likeness (QED) is 0.874. The van der Waals surface area contributed by atoms with E-state index in [4.69, 9.17) is 5.73 Å². The van der Waals surface area contributed by atoms with E-state index in [-0.39, 0.29) is 11.5 Å². The average Bonchev–Trinajstić information content (AvgIpc) is 2.35. The van der Waals surface area contributed by atoms with Gasteiger partial charge in [0.15, 0.2) is 0 Å². The summed E-state index contributed by atoms with van der Waals surface area (Å²) in [5.41, 5.74) is 7.76. The molecule has 0 aliphatic rings. The normalized spacial score (nSPS) is 10.4. The molecule has 0 atom stereocenters. The summed E-state index contributed by atoms with van der Waals surface area (Å²) in [4.78, 5) is 1.93. The summed E-state index contributed by atoms with van der Waals surface area (Å²) in [7, 11) is 1.89. The molecule has 0 aliphatic carbocycles. The van der Waals surface area contributed by atoms with E-state index in [1.165, 1.54) is 6.07 Å². The van der Waals surface area contributed by atoms with Crippen molar-refractivity contribution in [2.45, 2.75) is 6.54 Å². The Morgan fingerprint density at radius 2 is 1.89 bits per heavy atom. The second kappa shape index (κ2) is 5.40. The van der Waals surface area contributed by atoms with Crippen LogP contribution >= 0.6 is 15.9 Å². The molecule has 0 saturated carbocycles. The standard InChI is InChI=1S/C14H14BrFN2/c1-18(9-10-5-2-3-6-11(10)15)13-8-4-7-12(16)14(13)17/h2-8H,9,17H2,1H3. The van der Waals surface area contributed by atoms with Crippen molar-refractivity contribution in [1.29, 1.82) is 0 Å². The molecule has 0 bridgehead atoms. The minimum Gasteiger partial charge on any atom is -0.395 e. The van der Waals surface area contributed by atoms with Crippen molar-refractivity contribution < 1.29 is 4.39 Å². The molecular formula is C14H14BrFN2. The number of halogens is 2.